The zero-order valence-electron chi connectivity index (χ0n) is 12.7. The van der Waals surface area contributed by atoms with Gasteiger partial charge in [-0.3, -0.25) is 4.79 Å². The van der Waals surface area contributed by atoms with Crippen LogP contribution in [-0.4, -0.2) is 44.1 Å². The molecule has 0 bridgehead atoms. The fourth-order valence-corrected chi connectivity index (χ4v) is 2.66. The van der Waals surface area contributed by atoms with Crippen LogP contribution in [0.4, 0.5) is 4.39 Å². The highest BCUT2D eigenvalue weighted by Crippen LogP contribution is 2.30. The number of amides is 1. The van der Waals surface area contributed by atoms with Crippen LogP contribution in [0.2, 0.25) is 0 Å². The number of ether oxygens (including phenoxy) is 1. The summed E-state index contributed by atoms with van der Waals surface area (Å²) in [6, 6.07) is 4.53. The van der Waals surface area contributed by atoms with Crippen molar-refractivity contribution in [2.24, 2.45) is 0 Å². The van der Waals surface area contributed by atoms with E-state index in [1.807, 2.05) is 11.8 Å². The van der Waals surface area contributed by atoms with E-state index in [1.54, 1.807) is 13.2 Å². The number of benzene rings is 1. The lowest BCUT2D eigenvalue weighted by molar-refractivity contribution is -0.131. The molecule has 4 nitrogen and oxygen atoms in total. The summed E-state index contributed by atoms with van der Waals surface area (Å²) in [5.41, 5.74) is 0.825. The second kappa shape index (κ2) is 7.41. The molecule has 1 fully saturated rings. The summed E-state index contributed by atoms with van der Waals surface area (Å²) in [6.07, 6.45) is 1.18. The van der Waals surface area contributed by atoms with Crippen molar-refractivity contribution in [3.05, 3.63) is 29.6 Å². The maximum absolute atomic E-state index is 13.4. The lowest BCUT2D eigenvalue weighted by Crippen LogP contribution is -2.46. The van der Waals surface area contributed by atoms with Crippen LogP contribution in [0.5, 0.6) is 5.75 Å². The molecule has 1 aromatic carbocycles. The average molecular weight is 294 g/mol. The predicted molar refractivity (Wildman–Crippen MR) is 80.1 cm³/mol. The van der Waals surface area contributed by atoms with E-state index in [0.29, 0.717) is 18.6 Å². The summed E-state index contributed by atoms with van der Waals surface area (Å²) >= 11 is 0. The van der Waals surface area contributed by atoms with Gasteiger partial charge in [-0.1, -0.05) is 6.92 Å². The van der Waals surface area contributed by atoms with Crippen molar-refractivity contribution in [3.8, 4) is 5.75 Å². The normalized spacial score (nSPS) is 16.6. The molecule has 1 saturated heterocycles. The molecule has 0 radical (unpaired) electrons. The smallest absolute Gasteiger partial charge is 0.222 e. The van der Waals surface area contributed by atoms with Crippen molar-refractivity contribution in [2.75, 3.05) is 33.3 Å². The van der Waals surface area contributed by atoms with E-state index in [2.05, 4.69) is 5.32 Å². The standard InChI is InChI=1S/C16H23FN2O2/c1-12(14-11-13(17)4-5-15(14)21-2)3-6-16(20)19-9-7-18-8-10-19/h4-5,11-12,18H,3,6-10H2,1-2H3. The van der Waals surface area contributed by atoms with Gasteiger partial charge in [0.15, 0.2) is 0 Å². The Morgan fingerprint density at radius 2 is 2.14 bits per heavy atom. The minimum atomic E-state index is -0.272. The first-order valence-corrected chi connectivity index (χ1v) is 7.43. The summed E-state index contributed by atoms with van der Waals surface area (Å²) in [6.45, 7) is 5.27. The summed E-state index contributed by atoms with van der Waals surface area (Å²) in [7, 11) is 1.58. The van der Waals surface area contributed by atoms with Gasteiger partial charge in [-0.25, -0.2) is 4.39 Å². The van der Waals surface area contributed by atoms with Gasteiger partial charge in [0.25, 0.3) is 0 Å². The Labute approximate surface area is 125 Å². The average Bonchev–Trinajstić information content (AvgIpc) is 2.53. The van der Waals surface area contributed by atoms with Gasteiger partial charge < -0.3 is 15.0 Å². The van der Waals surface area contributed by atoms with Gasteiger partial charge in [-0.15, -0.1) is 0 Å². The van der Waals surface area contributed by atoms with E-state index in [1.165, 1.54) is 12.1 Å². The van der Waals surface area contributed by atoms with Crippen molar-refractivity contribution < 1.29 is 13.9 Å². The third kappa shape index (κ3) is 4.17. The molecule has 1 N–H and O–H groups in total. The Hall–Kier alpha value is -1.62. The summed E-state index contributed by atoms with van der Waals surface area (Å²) in [4.78, 5) is 14.0. The van der Waals surface area contributed by atoms with E-state index in [9.17, 15) is 9.18 Å². The molecule has 1 amide bonds. The molecule has 0 aliphatic carbocycles. The van der Waals surface area contributed by atoms with Crippen molar-refractivity contribution in [3.63, 3.8) is 0 Å². The van der Waals surface area contributed by atoms with Crippen LogP contribution < -0.4 is 10.1 Å². The fourth-order valence-electron chi connectivity index (χ4n) is 2.66. The summed E-state index contributed by atoms with van der Waals surface area (Å²) in [5.74, 6) is 0.672. The van der Waals surface area contributed by atoms with Gasteiger partial charge in [0.2, 0.25) is 5.91 Å². The number of hydrogen-bond acceptors (Lipinski definition) is 3. The number of nitrogens with zero attached hydrogens (tertiary/aromatic N) is 1. The predicted octanol–water partition coefficient (Wildman–Crippen LogP) is 2.15. The minimum Gasteiger partial charge on any atom is -0.496 e. The van der Waals surface area contributed by atoms with Gasteiger partial charge in [0.05, 0.1) is 7.11 Å². The number of nitrogens with one attached hydrogen (secondary N) is 1. The molecular formula is C16H23FN2O2. The zero-order valence-corrected chi connectivity index (χ0v) is 12.7. The highest BCUT2D eigenvalue weighted by molar-refractivity contribution is 5.76. The molecule has 5 heteroatoms. The topological polar surface area (TPSA) is 41.6 Å². The fraction of sp³-hybridized carbons (Fsp3) is 0.562. The van der Waals surface area contributed by atoms with E-state index in [4.69, 9.17) is 4.74 Å². The monoisotopic (exact) mass is 294 g/mol. The van der Waals surface area contributed by atoms with Gasteiger partial charge in [0.1, 0.15) is 11.6 Å². The molecule has 116 valence electrons. The Balaban J connectivity index is 1.93. The maximum Gasteiger partial charge on any atom is 0.222 e. The molecule has 0 spiro atoms. The minimum absolute atomic E-state index is 0.0857. The molecule has 1 unspecified atom stereocenters. The molecule has 1 atom stereocenters. The second-order valence-corrected chi connectivity index (χ2v) is 5.46. The quantitative estimate of drug-likeness (QED) is 0.905. The van der Waals surface area contributed by atoms with Crippen LogP contribution in [0.25, 0.3) is 0 Å². The number of carbonyl (C=O) groups excluding carboxylic acids is 1. The van der Waals surface area contributed by atoms with Crippen LogP contribution in [-0.2, 0) is 4.79 Å². The number of carbonyl (C=O) groups is 1. The van der Waals surface area contributed by atoms with Crippen LogP contribution in [0, 0.1) is 5.82 Å². The van der Waals surface area contributed by atoms with Gasteiger partial charge in [-0.05, 0) is 36.1 Å². The lowest BCUT2D eigenvalue weighted by atomic mass is 9.95. The highest BCUT2D eigenvalue weighted by Gasteiger charge is 2.19. The van der Waals surface area contributed by atoms with Crippen LogP contribution >= 0.6 is 0 Å². The third-order valence-electron chi connectivity index (χ3n) is 3.98. The van der Waals surface area contributed by atoms with E-state index in [-0.39, 0.29) is 17.6 Å². The Morgan fingerprint density at radius 3 is 2.81 bits per heavy atom. The lowest BCUT2D eigenvalue weighted by Gasteiger charge is -2.28. The van der Waals surface area contributed by atoms with E-state index >= 15 is 0 Å². The van der Waals surface area contributed by atoms with E-state index < -0.39 is 0 Å². The molecular weight excluding hydrogens is 271 g/mol. The first kappa shape index (κ1) is 15.8. The number of halogens is 1. The second-order valence-electron chi connectivity index (χ2n) is 5.46. The van der Waals surface area contributed by atoms with Crippen LogP contribution in [0.3, 0.4) is 0 Å². The SMILES string of the molecule is COc1ccc(F)cc1C(C)CCC(=O)N1CCNCC1. The highest BCUT2D eigenvalue weighted by atomic mass is 19.1. The number of rotatable bonds is 5. The van der Waals surface area contributed by atoms with Gasteiger partial charge in [0, 0.05) is 32.6 Å². The number of hydrogen-bond donors (Lipinski definition) is 1. The third-order valence-corrected chi connectivity index (χ3v) is 3.98. The Bertz CT molecular complexity index is 487. The molecule has 1 heterocycles. The molecule has 0 aromatic heterocycles. The Morgan fingerprint density at radius 1 is 1.43 bits per heavy atom. The molecule has 0 saturated carbocycles. The molecule has 2 rings (SSSR count). The zero-order chi connectivity index (χ0) is 15.2. The van der Waals surface area contributed by atoms with Crippen molar-refractivity contribution in [1.29, 1.82) is 0 Å². The molecule has 1 aliphatic rings. The maximum atomic E-state index is 13.4. The van der Waals surface area contributed by atoms with Crippen molar-refractivity contribution in [1.82, 2.24) is 10.2 Å². The Kier molecular flexibility index (Phi) is 5.56. The molecule has 1 aromatic rings. The van der Waals surface area contributed by atoms with Crippen LogP contribution in [0.1, 0.15) is 31.2 Å². The largest absolute Gasteiger partial charge is 0.496 e. The molecule has 21 heavy (non-hydrogen) atoms. The van der Waals surface area contributed by atoms with Crippen molar-refractivity contribution >= 4 is 5.91 Å². The summed E-state index contributed by atoms with van der Waals surface area (Å²) < 4.78 is 18.7. The first-order chi connectivity index (χ1) is 10.1. The number of piperazine rings is 1. The molecule has 1 aliphatic heterocycles. The first-order valence-electron chi connectivity index (χ1n) is 7.43. The van der Waals surface area contributed by atoms with Crippen molar-refractivity contribution in [2.45, 2.75) is 25.7 Å². The van der Waals surface area contributed by atoms with Gasteiger partial charge in [-0.2, -0.15) is 0 Å². The van der Waals surface area contributed by atoms with E-state index in [0.717, 1.165) is 31.7 Å². The summed E-state index contributed by atoms with van der Waals surface area (Å²) in [5, 5.41) is 3.23. The van der Waals surface area contributed by atoms with Crippen LogP contribution in [0.15, 0.2) is 18.2 Å². The number of methoxy groups -OCH3 is 1. The van der Waals surface area contributed by atoms with Gasteiger partial charge >= 0.3 is 0 Å².